The van der Waals surface area contributed by atoms with Crippen molar-refractivity contribution in [2.45, 2.75) is 49.0 Å². The van der Waals surface area contributed by atoms with Crippen molar-refractivity contribution in [1.29, 1.82) is 0 Å². The van der Waals surface area contributed by atoms with Crippen LogP contribution in [0, 0.1) is 5.82 Å². The van der Waals surface area contributed by atoms with E-state index in [-0.39, 0.29) is 12.1 Å². The quantitative estimate of drug-likeness (QED) is 0.385. The number of hydrogen-bond donors (Lipinski definition) is 3. The largest absolute Gasteiger partial charge is 0.497 e. The number of carbonyl (C=O) groups is 1. The minimum absolute atomic E-state index is 0.0307. The maximum atomic E-state index is 13.8. The molecule has 2 aromatic carbocycles. The number of halogens is 1. The summed E-state index contributed by atoms with van der Waals surface area (Å²) < 4.78 is 32.0. The Bertz CT molecular complexity index is 1420. The number of methoxy groups -OCH3 is 2. The standard InChI is InChI=1S/C29H33FN4O7/c1-39-20-6-7-23(40-2)22(10-20)33-11-19-9-18(33)12-34(19)29(38)28-27(37)25(26(36)24(14-35)41-28)32-13-21(31-15-32)16-4-3-5-17(30)8-16/h3-8,10,13,15,18-19,24-28,35-37H,9,11-12,14H2,1-2H3/t18-,19-,24+,25-,26-,27+,28+/m0/s1. The van der Waals surface area contributed by atoms with Gasteiger partial charge in [0.1, 0.15) is 35.6 Å². The molecule has 11 nitrogen and oxygen atoms in total. The van der Waals surface area contributed by atoms with Gasteiger partial charge in [0.2, 0.25) is 0 Å². The van der Waals surface area contributed by atoms with Gasteiger partial charge >= 0.3 is 0 Å². The molecule has 12 heteroatoms. The molecule has 6 rings (SSSR count). The van der Waals surface area contributed by atoms with E-state index in [0.29, 0.717) is 35.8 Å². The molecule has 3 fully saturated rings. The lowest BCUT2D eigenvalue weighted by atomic mass is 9.91. The lowest BCUT2D eigenvalue weighted by Crippen LogP contribution is -2.62. The Labute approximate surface area is 236 Å². The minimum atomic E-state index is -1.43. The summed E-state index contributed by atoms with van der Waals surface area (Å²) in [7, 11) is 3.22. The average Bonchev–Trinajstić information content (AvgIpc) is 3.73. The Kier molecular flexibility index (Phi) is 7.32. The van der Waals surface area contributed by atoms with Crippen molar-refractivity contribution in [3.8, 4) is 22.8 Å². The molecule has 4 heterocycles. The average molecular weight is 569 g/mol. The zero-order valence-electron chi connectivity index (χ0n) is 22.7. The normalized spacial score (nSPS) is 29.2. The number of piperazine rings is 1. The SMILES string of the molecule is COc1ccc(OC)c(N2C[C@@H]3C[C@H]2CN3C(=O)[C@@H]2O[C@H](CO)[C@H](O)[C@H](n3cnc(-c4cccc(F)c4)c3)[C@H]2O)c1. The number of carbonyl (C=O) groups excluding carboxylic acids is 1. The highest BCUT2D eigenvalue weighted by molar-refractivity contribution is 5.83. The minimum Gasteiger partial charge on any atom is -0.497 e. The number of fused-ring (bicyclic) bond motifs is 2. The zero-order chi connectivity index (χ0) is 28.8. The number of amides is 1. The van der Waals surface area contributed by atoms with Crippen LogP contribution in [0.1, 0.15) is 12.5 Å². The smallest absolute Gasteiger partial charge is 0.254 e. The molecule has 41 heavy (non-hydrogen) atoms. The molecule has 3 N–H and O–H groups in total. The van der Waals surface area contributed by atoms with E-state index < -0.39 is 48.8 Å². The molecular formula is C29H33FN4O7. The maximum Gasteiger partial charge on any atom is 0.254 e. The number of rotatable bonds is 7. The summed E-state index contributed by atoms with van der Waals surface area (Å²) in [6.45, 7) is 0.439. The summed E-state index contributed by atoms with van der Waals surface area (Å²) in [5.74, 6) is 0.596. The number of likely N-dealkylation sites (tertiary alicyclic amines) is 1. The summed E-state index contributed by atoms with van der Waals surface area (Å²) in [5.41, 5.74) is 1.85. The van der Waals surface area contributed by atoms with Gasteiger partial charge in [-0.15, -0.1) is 0 Å². The van der Waals surface area contributed by atoms with Crippen molar-refractivity contribution in [3.05, 3.63) is 60.8 Å². The predicted molar refractivity (Wildman–Crippen MR) is 145 cm³/mol. The van der Waals surface area contributed by atoms with E-state index in [2.05, 4.69) is 9.88 Å². The molecule has 3 aliphatic heterocycles. The predicted octanol–water partition coefficient (Wildman–Crippen LogP) is 1.22. The Morgan fingerprint density at radius 2 is 1.93 bits per heavy atom. The Hall–Kier alpha value is -3.71. The van der Waals surface area contributed by atoms with Gasteiger partial charge in [-0.3, -0.25) is 4.79 Å². The number of anilines is 1. The van der Waals surface area contributed by atoms with Crippen LogP contribution in [0.5, 0.6) is 11.5 Å². The van der Waals surface area contributed by atoms with Crippen molar-refractivity contribution < 1.29 is 38.7 Å². The van der Waals surface area contributed by atoms with E-state index in [1.807, 2.05) is 18.2 Å². The number of ether oxygens (including phenoxy) is 3. The van der Waals surface area contributed by atoms with Crippen LogP contribution in [-0.2, 0) is 9.53 Å². The molecule has 1 amide bonds. The molecule has 0 spiro atoms. The first kappa shape index (κ1) is 27.5. The first-order chi connectivity index (χ1) is 19.8. The first-order valence-corrected chi connectivity index (χ1v) is 13.5. The van der Waals surface area contributed by atoms with E-state index in [9.17, 15) is 24.5 Å². The molecule has 2 bridgehead atoms. The zero-order valence-corrected chi connectivity index (χ0v) is 22.7. The molecule has 7 atom stereocenters. The molecule has 218 valence electrons. The number of hydrogen-bond acceptors (Lipinski definition) is 9. The number of nitrogens with zero attached hydrogens (tertiary/aromatic N) is 4. The second-order valence-electron chi connectivity index (χ2n) is 10.7. The fourth-order valence-electron chi connectivity index (χ4n) is 6.37. The highest BCUT2D eigenvalue weighted by Crippen LogP contribution is 2.42. The summed E-state index contributed by atoms with van der Waals surface area (Å²) >= 11 is 0. The second-order valence-corrected chi connectivity index (χ2v) is 10.7. The lowest BCUT2D eigenvalue weighted by molar-refractivity contribution is -0.210. The summed E-state index contributed by atoms with van der Waals surface area (Å²) in [6, 6.07) is 10.4. The van der Waals surface area contributed by atoms with Crippen molar-refractivity contribution >= 4 is 11.6 Å². The van der Waals surface area contributed by atoms with Gasteiger partial charge < -0.3 is 43.9 Å². The Morgan fingerprint density at radius 1 is 1.10 bits per heavy atom. The highest BCUT2D eigenvalue weighted by atomic mass is 19.1. The Morgan fingerprint density at radius 3 is 2.61 bits per heavy atom. The van der Waals surface area contributed by atoms with Crippen molar-refractivity contribution in [2.75, 3.05) is 38.8 Å². The van der Waals surface area contributed by atoms with Gasteiger partial charge in [0.25, 0.3) is 5.91 Å². The van der Waals surface area contributed by atoms with Crippen LogP contribution in [0.15, 0.2) is 55.0 Å². The monoisotopic (exact) mass is 568 g/mol. The third kappa shape index (κ3) is 4.80. The van der Waals surface area contributed by atoms with Gasteiger partial charge in [0.05, 0.1) is 50.6 Å². The van der Waals surface area contributed by atoms with Crippen molar-refractivity contribution in [1.82, 2.24) is 14.5 Å². The maximum absolute atomic E-state index is 13.8. The van der Waals surface area contributed by atoms with Crippen LogP contribution >= 0.6 is 0 Å². The van der Waals surface area contributed by atoms with Crippen LogP contribution in [0.3, 0.4) is 0 Å². The Balaban J connectivity index is 1.21. The molecule has 1 aromatic heterocycles. The van der Waals surface area contributed by atoms with Gasteiger partial charge in [0.15, 0.2) is 6.10 Å². The van der Waals surface area contributed by atoms with E-state index in [1.54, 1.807) is 37.4 Å². The van der Waals surface area contributed by atoms with Gasteiger partial charge in [-0.1, -0.05) is 12.1 Å². The number of aliphatic hydroxyl groups is 3. The topological polar surface area (TPSA) is 130 Å². The third-order valence-corrected chi connectivity index (χ3v) is 8.42. The summed E-state index contributed by atoms with van der Waals surface area (Å²) in [4.78, 5) is 22.1. The van der Waals surface area contributed by atoms with E-state index >= 15 is 0 Å². The summed E-state index contributed by atoms with van der Waals surface area (Å²) in [5, 5.41) is 32.3. The molecule has 0 saturated carbocycles. The van der Waals surface area contributed by atoms with E-state index in [4.69, 9.17) is 14.2 Å². The molecule has 3 saturated heterocycles. The fraction of sp³-hybridized carbons (Fsp3) is 0.448. The number of imidazole rings is 1. The van der Waals surface area contributed by atoms with Crippen LogP contribution < -0.4 is 14.4 Å². The number of benzene rings is 2. The second kappa shape index (κ2) is 10.9. The van der Waals surface area contributed by atoms with Crippen LogP contribution in [0.2, 0.25) is 0 Å². The molecule has 3 aromatic rings. The van der Waals surface area contributed by atoms with Crippen LogP contribution in [0.4, 0.5) is 10.1 Å². The van der Waals surface area contributed by atoms with Gasteiger partial charge in [0, 0.05) is 37.0 Å². The fourth-order valence-corrected chi connectivity index (χ4v) is 6.37. The lowest BCUT2D eigenvalue weighted by Gasteiger charge is -2.44. The first-order valence-electron chi connectivity index (χ1n) is 13.5. The van der Waals surface area contributed by atoms with Crippen molar-refractivity contribution in [2.24, 2.45) is 0 Å². The molecule has 0 aliphatic carbocycles. The van der Waals surface area contributed by atoms with Gasteiger partial charge in [-0.05, 0) is 30.7 Å². The van der Waals surface area contributed by atoms with Gasteiger partial charge in [-0.25, -0.2) is 9.37 Å². The highest BCUT2D eigenvalue weighted by Gasteiger charge is 2.53. The molecule has 0 unspecified atom stereocenters. The van der Waals surface area contributed by atoms with E-state index in [0.717, 1.165) is 12.1 Å². The number of aliphatic hydroxyl groups excluding tert-OH is 3. The molecule has 3 aliphatic rings. The molecule has 0 radical (unpaired) electrons. The van der Waals surface area contributed by atoms with Crippen LogP contribution in [0.25, 0.3) is 11.3 Å². The molecular weight excluding hydrogens is 535 g/mol. The van der Waals surface area contributed by atoms with Crippen molar-refractivity contribution in [3.63, 3.8) is 0 Å². The summed E-state index contributed by atoms with van der Waals surface area (Å²) in [6.07, 6.45) is -1.43. The third-order valence-electron chi connectivity index (χ3n) is 8.42. The van der Waals surface area contributed by atoms with Gasteiger partial charge in [-0.2, -0.15) is 0 Å². The number of aromatic nitrogens is 2. The van der Waals surface area contributed by atoms with E-state index in [1.165, 1.54) is 23.0 Å². The van der Waals surface area contributed by atoms with Crippen LogP contribution in [-0.4, -0.2) is 106 Å².